The fraction of sp³-hybridized carbons (Fsp3) is 0.143. The van der Waals surface area contributed by atoms with Gasteiger partial charge in [-0.05, 0) is 52.2 Å². The second-order valence-corrected chi connectivity index (χ2v) is 8.67. The minimum Gasteiger partial charge on any atom is -0.302 e. The summed E-state index contributed by atoms with van der Waals surface area (Å²) in [5.74, 6) is -3.80. The molecule has 2 aromatic carbocycles. The first kappa shape index (κ1) is 20.6. The van der Waals surface area contributed by atoms with Gasteiger partial charge in [0.15, 0.2) is 6.17 Å². The first-order valence-electron chi connectivity index (χ1n) is 8.89. The predicted octanol–water partition coefficient (Wildman–Crippen LogP) is 5.14. The topological polar surface area (TPSA) is 60.9 Å². The van der Waals surface area contributed by atoms with Crippen LogP contribution in [0.5, 0.6) is 0 Å². The molecule has 2 heterocycles. The smallest absolute Gasteiger partial charge is 0.268 e. The van der Waals surface area contributed by atoms with Gasteiger partial charge < -0.3 is 4.90 Å². The van der Waals surface area contributed by atoms with Crippen molar-refractivity contribution in [2.24, 2.45) is 0 Å². The van der Waals surface area contributed by atoms with Crippen molar-refractivity contribution in [1.82, 2.24) is 9.96 Å². The lowest BCUT2D eigenvalue weighted by atomic mass is 9.97. The van der Waals surface area contributed by atoms with Crippen LogP contribution >= 0.6 is 27.3 Å². The van der Waals surface area contributed by atoms with Crippen molar-refractivity contribution in [3.63, 3.8) is 0 Å². The van der Waals surface area contributed by atoms with E-state index in [0.717, 1.165) is 16.5 Å². The first-order valence-corrected chi connectivity index (χ1v) is 10.6. The fourth-order valence-corrected chi connectivity index (χ4v) is 5.01. The molecule has 1 saturated heterocycles. The van der Waals surface area contributed by atoms with Crippen molar-refractivity contribution in [1.29, 1.82) is 0 Å². The molecule has 0 bridgehead atoms. The molecular formula is C21H15BrF2N2O3S. The number of aryl methyl sites for hydroxylation is 1. The normalized spacial score (nSPS) is 16.4. The highest BCUT2D eigenvalue weighted by Gasteiger charge is 2.43. The zero-order chi connectivity index (χ0) is 21.6. The Hall–Kier alpha value is -2.62. The molecule has 1 aliphatic heterocycles. The Morgan fingerprint density at radius 2 is 1.93 bits per heavy atom. The summed E-state index contributed by atoms with van der Waals surface area (Å²) < 4.78 is 30.7. The summed E-state index contributed by atoms with van der Waals surface area (Å²) in [6, 6.07) is 10.9. The summed E-state index contributed by atoms with van der Waals surface area (Å²) in [6.07, 6.45) is -1.16. The van der Waals surface area contributed by atoms with Crippen LogP contribution < -0.4 is 0 Å². The minimum atomic E-state index is -1.16. The summed E-state index contributed by atoms with van der Waals surface area (Å²) in [6.45, 7) is 1.29. The number of halogens is 3. The zero-order valence-electron chi connectivity index (χ0n) is 15.6. The number of amides is 2. The van der Waals surface area contributed by atoms with Crippen LogP contribution in [0, 0.1) is 18.6 Å². The van der Waals surface area contributed by atoms with Gasteiger partial charge in [0.2, 0.25) is 0 Å². The van der Waals surface area contributed by atoms with E-state index in [1.54, 1.807) is 42.6 Å². The number of benzene rings is 2. The monoisotopic (exact) mass is 492 g/mol. The van der Waals surface area contributed by atoms with Gasteiger partial charge >= 0.3 is 0 Å². The Morgan fingerprint density at radius 3 is 2.60 bits per heavy atom. The Balaban J connectivity index is 1.80. The van der Waals surface area contributed by atoms with Crippen LogP contribution in [0.2, 0.25) is 0 Å². The predicted molar refractivity (Wildman–Crippen MR) is 111 cm³/mol. The van der Waals surface area contributed by atoms with Crippen LogP contribution in [0.25, 0.3) is 11.1 Å². The molecule has 30 heavy (non-hydrogen) atoms. The van der Waals surface area contributed by atoms with Crippen LogP contribution in [-0.4, -0.2) is 33.5 Å². The third-order valence-electron chi connectivity index (χ3n) is 4.93. The third-order valence-corrected chi connectivity index (χ3v) is 6.66. The lowest BCUT2D eigenvalue weighted by Gasteiger charge is -2.25. The maximum absolute atomic E-state index is 15.4. The van der Waals surface area contributed by atoms with Crippen LogP contribution in [0.4, 0.5) is 8.78 Å². The fourth-order valence-electron chi connectivity index (χ4n) is 3.47. The molecule has 2 amide bonds. The highest BCUT2D eigenvalue weighted by molar-refractivity contribution is 9.10. The van der Waals surface area contributed by atoms with E-state index in [1.165, 1.54) is 17.4 Å². The molecule has 1 N–H and O–H groups in total. The summed E-state index contributed by atoms with van der Waals surface area (Å²) >= 11 is 4.48. The highest BCUT2D eigenvalue weighted by Crippen LogP contribution is 2.37. The quantitative estimate of drug-likeness (QED) is 0.515. The van der Waals surface area contributed by atoms with E-state index >= 15 is 4.39 Å². The maximum atomic E-state index is 15.4. The summed E-state index contributed by atoms with van der Waals surface area (Å²) in [5.41, 5.74) is 0.615. The van der Waals surface area contributed by atoms with E-state index in [-0.39, 0.29) is 5.56 Å². The number of thiophene rings is 1. The van der Waals surface area contributed by atoms with E-state index in [9.17, 15) is 19.2 Å². The van der Waals surface area contributed by atoms with Gasteiger partial charge in [-0.25, -0.2) is 8.78 Å². The minimum absolute atomic E-state index is 0.0830. The number of rotatable bonds is 3. The number of nitrogens with zero attached hydrogens (tertiary/aromatic N) is 2. The van der Waals surface area contributed by atoms with Crippen LogP contribution in [0.1, 0.15) is 27.0 Å². The van der Waals surface area contributed by atoms with Crippen molar-refractivity contribution in [2.45, 2.75) is 13.1 Å². The Morgan fingerprint density at radius 1 is 1.20 bits per heavy atom. The zero-order valence-corrected chi connectivity index (χ0v) is 18.0. The van der Waals surface area contributed by atoms with Gasteiger partial charge in [0.05, 0.1) is 4.88 Å². The van der Waals surface area contributed by atoms with Gasteiger partial charge in [-0.15, -0.1) is 11.3 Å². The number of hydrogen-bond acceptors (Lipinski definition) is 4. The van der Waals surface area contributed by atoms with Gasteiger partial charge in [0, 0.05) is 15.4 Å². The van der Waals surface area contributed by atoms with Crippen molar-refractivity contribution in [2.75, 3.05) is 6.54 Å². The van der Waals surface area contributed by atoms with Gasteiger partial charge in [-0.3, -0.25) is 14.8 Å². The van der Waals surface area contributed by atoms with Crippen molar-refractivity contribution in [3.05, 3.63) is 80.0 Å². The summed E-state index contributed by atoms with van der Waals surface area (Å²) in [5, 5.41) is 12.3. The van der Waals surface area contributed by atoms with Crippen molar-refractivity contribution in [3.8, 4) is 11.1 Å². The lowest BCUT2D eigenvalue weighted by molar-refractivity contribution is -0.168. The third kappa shape index (κ3) is 3.42. The molecule has 0 saturated carbocycles. The van der Waals surface area contributed by atoms with Crippen molar-refractivity contribution < 1.29 is 23.6 Å². The van der Waals surface area contributed by atoms with Crippen LogP contribution in [0.3, 0.4) is 0 Å². The molecule has 1 unspecified atom stereocenters. The molecule has 0 spiro atoms. The highest BCUT2D eigenvalue weighted by atomic mass is 79.9. The van der Waals surface area contributed by atoms with Crippen molar-refractivity contribution >= 4 is 39.1 Å². The molecule has 5 nitrogen and oxygen atoms in total. The molecule has 3 aromatic rings. The van der Waals surface area contributed by atoms with E-state index in [2.05, 4.69) is 15.9 Å². The Bertz CT molecular complexity index is 1170. The van der Waals surface area contributed by atoms with Gasteiger partial charge in [-0.1, -0.05) is 24.3 Å². The van der Waals surface area contributed by atoms with E-state index in [1.807, 2.05) is 0 Å². The van der Waals surface area contributed by atoms with Crippen LogP contribution in [-0.2, 0) is 4.79 Å². The van der Waals surface area contributed by atoms with Gasteiger partial charge in [-0.2, -0.15) is 5.06 Å². The average Bonchev–Trinajstić information content (AvgIpc) is 3.26. The maximum Gasteiger partial charge on any atom is 0.268 e. The molecule has 0 radical (unpaired) electrons. The number of carbonyl (C=O) groups is 2. The Labute approximate surface area is 183 Å². The molecule has 1 fully saturated rings. The molecule has 0 aliphatic carbocycles. The summed E-state index contributed by atoms with van der Waals surface area (Å²) in [4.78, 5) is 26.7. The van der Waals surface area contributed by atoms with Gasteiger partial charge in [0.1, 0.15) is 23.7 Å². The van der Waals surface area contributed by atoms with E-state index in [0.29, 0.717) is 20.0 Å². The molecule has 1 aromatic heterocycles. The molecular weight excluding hydrogens is 478 g/mol. The second-order valence-electron chi connectivity index (χ2n) is 6.81. The lowest BCUT2D eigenvalue weighted by Crippen LogP contribution is -2.35. The second kappa shape index (κ2) is 7.90. The standard InChI is InChI=1S/C21H15BrF2N2O3S/c1-11-4-2-3-5-13(11)14-6-7-15(23)18(19(14)24)21(28)25-9-17(27)26(29)20(25)16-8-12(22)10-30-16/h2-8,10,20,29H,9H2,1H3. The number of hydroxylamine groups is 2. The first-order chi connectivity index (χ1) is 14.3. The molecule has 9 heteroatoms. The van der Waals surface area contributed by atoms with E-state index < -0.39 is 41.7 Å². The molecule has 1 atom stereocenters. The molecule has 4 rings (SSSR count). The molecule has 154 valence electrons. The number of carbonyl (C=O) groups excluding carboxylic acids is 2. The van der Waals surface area contributed by atoms with E-state index in [4.69, 9.17) is 0 Å². The largest absolute Gasteiger partial charge is 0.302 e. The molecule has 1 aliphatic rings. The SMILES string of the molecule is Cc1ccccc1-c1ccc(F)c(C(=O)N2CC(=O)N(O)C2c2cc(Br)cs2)c1F. The number of hydrogen-bond donors (Lipinski definition) is 1. The Kier molecular flexibility index (Phi) is 5.44. The summed E-state index contributed by atoms with van der Waals surface area (Å²) in [7, 11) is 0. The van der Waals surface area contributed by atoms with Crippen LogP contribution in [0.15, 0.2) is 52.3 Å². The van der Waals surface area contributed by atoms with Gasteiger partial charge in [0.25, 0.3) is 11.8 Å². The average molecular weight is 493 g/mol.